The second-order valence-electron chi connectivity index (χ2n) is 4.22. The lowest BCUT2D eigenvalue weighted by molar-refractivity contribution is 0.0762. The van der Waals surface area contributed by atoms with Gasteiger partial charge in [0.2, 0.25) is 0 Å². The molecule has 2 aromatic rings. The molecule has 1 heterocycles. The molecule has 0 aliphatic rings. The van der Waals surface area contributed by atoms with Crippen LogP contribution in [0.3, 0.4) is 0 Å². The summed E-state index contributed by atoms with van der Waals surface area (Å²) in [5.74, 6) is -0.134. The number of likely N-dealkylation sites (N-methyl/N-ethyl adjacent to an activating group) is 1. The highest BCUT2D eigenvalue weighted by molar-refractivity contribution is 7.99. The Bertz CT molecular complexity index is 575. The highest BCUT2D eigenvalue weighted by atomic mass is 32.2. The average molecular weight is 288 g/mol. The van der Waals surface area contributed by atoms with Crippen molar-refractivity contribution in [3.8, 4) is 0 Å². The molecule has 0 radical (unpaired) electrons. The topological polar surface area (TPSA) is 53.4 Å². The van der Waals surface area contributed by atoms with Crippen molar-refractivity contribution in [3.05, 3.63) is 54.2 Å². The maximum atomic E-state index is 12.3. The van der Waals surface area contributed by atoms with Gasteiger partial charge in [-0.25, -0.2) is 4.98 Å². The van der Waals surface area contributed by atoms with Crippen molar-refractivity contribution in [3.63, 3.8) is 0 Å². The van der Waals surface area contributed by atoms with Gasteiger partial charge in [0.1, 0.15) is 5.03 Å². The fourth-order valence-electron chi connectivity index (χ4n) is 1.69. The first-order valence-corrected chi connectivity index (χ1v) is 7.08. The van der Waals surface area contributed by atoms with Gasteiger partial charge in [-0.05, 0) is 24.3 Å². The molecule has 0 aliphatic heterocycles. The van der Waals surface area contributed by atoms with Crippen LogP contribution >= 0.6 is 11.8 Å². The van der Waals surface area contributed by atoms with E-state index in [1.165, 1.54) is 16.7 Å². The molecule has 1 aromatic heterocycles. The number of carbonyl (C=O) groups is 1. The first-order chi connectivity index (χ1) is 9.72. The molecule has 2 rings (SSSR count). The van der Waals surface area contributed by atoms with Crippen LogP contribution in [0.4, 0.5) is 0 Å². The van der Waals surface area contributed by atoms with Crippen LogP contribution in [0.15, 0.2) is 58.6 Å². The zero-order valence-electron chi connectivity index (χ0n) is 11.2. The summed E-state index contributed by atoms with van der Waals surface area (Å²) in [7, 11) is 1.67. The quantitative estimate of drug-likeness (QED) is 0.917. The fraction of sp³-hybridized carbons (Fsp3) is 0.200. The molecule has 4 nitrogen and oxygen atoms in total. The number of hydrogen-bond acceptors (Lipinski definition) is 4. The van der Waals surface area contributed by atoms with Crippen molar-refractivity contribution in [1.82, 2.24) is 9.88 Å². The molecule has 0 saturated heterocycles. The van der Waals surface area contributed by atoms with Gasteiger partial charge < -0.3 is 10.0 Å². The fourth-order valence-corrected chi connectivity index (χ4v) is 2.59. The summed E-state index contributed by atoms with van der Waals surface area (Å²) in [5, 5.41) is 9.60. The maximum Gasteiger partial charge on any atom is 0.256 e. The summed E-state index contributed by atoms with van der Waals surface area (Å²) in [5.41, 5.74) is 0.553. The molecule has 5 heteroatoms. The summed E-state index contributed by atoms with van der Waals surface area (Å²) in [6, 6.07) is 13.3. The van der Waals surface area contributed by atoms with E-state index >= 15 is 0 Å². The van der Waals surface area contributed by atoms with E-state index in [9.17, 15) is 4.79 Å². The molecule has 1 N–H and O–H groups in total. The van der Waals surface area contributed by atoms with Crippen molar-refractivity contribution >= 4 is 17.7 Å². The van der Waals surface area contributed by atoms with Crippen molar-refractivity contribution < 1.29 is 9.90 Å². The molecule has 1 amide bonds. The summed E-state index contributed by atoms with van der Waals surface area (Å²) in [6.45, 7) is 0.257. The van der Waals surface area contributed by atoms with Gasteiger partial charge in [-0.1, -0.05) is 30.0 Å². The summed E-state index contributed by atoms with van der Waals surface area (Å²) < 4.78 is 0. The average Bonchev–Trinajstić information content (AvgIpc) is 2.48. The number of benzene rings is 1. The van der Waals surface area contributed by atoms with Crippen molar-refractivity contribution in [2.24, 2.45) is 0 Å². The van der Waals surface area contributed by atoms with Gasteiger partial charge in [-0.2, -0.15) is 0 Å². The Morgan fingerprint density at radius 3 is 2.70 bits per heavy atom. The standard InChI is InChI=1S/C15H16N2O2S/c1-17(10-11-18)15(19)13-8-5-9-16-14(13)20-12-6-3-2-4-7-12/h2-9,18H,10-11H2,1H3. The van der Waals surface area contributed by atoms with Gasteiger partial charge in [-0.15, -0.1) is 0 Å². The lowest BCUT2D eigenvalue weighted by Crippen LogP contribution is -2.30. The minimum atomic E-state index is -0.134. The Hall–Kier alpha value is -1.85. The third-order valence-electron chi connectivity index (χ3n) is 2.74. The lowest BCUT2D eigenvalue weighted by atomic mass is 10.2. The molecule has 0 spiro atoms. The third-order valence-corrected chi connectivity index (χ3v) is 3.77. The number of rotatable bonds is 5. The molecule has 20 heavy (non-hydrogen) atoms. The van der Waals surface area contributed by atoms with Crippen LogP contribution in [0, 0.1) is 0 Å². The number of aromatic nitrogens is 1. The summed E-state index contributed by atoms with van der Waals surface area (Å²) in [4.78, 5) is 19.1. The number of amides is 1. The van der Waals surface area contributed by atoms with Crippen molar-refractivity contribution in [1.29, 1.82) is 0 Å². The van der Waals surface area contributed by atoms with Gasteiger partial charge in [0, 0.05) is 24.7 Å². The zero-order chi connectivity index (χ0) is 14.4. The summed E-state index contributed by atoms with van der Waals surface area (Å²) >= 11 is 1.46. The van der Waals surface area contributed by atoms with E-state index in [-0.39, 0.29) is 12.5 Å². The van der Waals surface area contributed by atoms with Crippen LogP contribution in [0.1, 0.15) is 10.4 Å². The molecule has 0 aliphatic carbocycles. The molecule has 0 bridgehead atoms. The zero-order valence-corrected chi connectivity index (χ0v) is 12.0. The normalized spacial score (nSPS) is 10.3. The SMILES string of the molecule is CN(CCO)C(=O)c1cccnc1Sc1ccccc1. The van der Waals surface area contributed by atoms with Crippen molar-refractivity contribution in [2.75, 3.05) is 20.2 Å². The van der Waals surface area contributed by atoms with Gasteiger partial charge >= 0.3 is 0 Å². The number of pyridine rings is 1. The first kappa shape index (κ1) is 14.6. The molecule has 0 saturated carbocycles. The van der Waals surface area contributed by atoms with Crippen LogP contribution in [0.25, 0.3) is 0 Å². The first-order valence-electron chi connectivity index (χ1n) is 6.26. The van der Waals surface area contributed by atoms with E-state index in [0.29, 0.717) is 17.1 Å². The Morgan fingerprint density at radius 1 is 1.25 bits per heavy atom. The number of aliphatic hydroxyl groups excluding tert-OH is 1. The Labute approximate surface area is 122 Å². The summed E-state index contributed by atoms with van der Waals surface area (Å²) in [6.07, 6.45) is 1.67. The van der Waals surface area contributed by atoms with E-state index in [4.69, 9.17) is 5.11 Å². The molecule has 0 atom stereocenters. The largest absolute Gasteiger partial charge is 0.395 e. The number of nitrogens with zero attached hydrogens (tertiary/aromatic N) is 2. The van der Waals surface area contributed by atoms with Crippen LogP contribution in [-0.2, 0) is 0 Å². The lowest BCUT2D eigenvalue weighted by Gasteiger charge is -2.17. The van der Waals surface area contributed by atoms with Gasteiger partial charge in [0.15, 0.2) is 0 Å². The predicted octanol–water partition coefficient (Wildman–Crippen LogP) is 2.30. The van der Waals surface area contributed by atoms with Gasteiger partial charge in [-0.3, -0.25) is 4.79 Å². The highest BCUT2D eigenvalue weighted by Crippen LogP contribution is 2.28. The molecule has 1 aromatic carbocycles. The number of carbonyl (C=O) groups excluding carboxylic acids is 1. The molecule has 0 fully saturated rings. The van der Waals surface area contributed by atoms with Crippen molar-refractivity contribution in [2.45, 2.75) is 9.92 Å². The third kappa shape index (κ3) is 3.59. The Balaban J connectivity index is 2.24. The molecule has 0 unspecified atom stereocenters. The van der Waals surface area contributed by atoms with Crippen LogP contribution in [0.5, 0.6) is 0 Å². The maximum absolute atomic E-state index is 12.3. The van der Waals surface area contributed by atoms with E-state index in [1.807, 2.05) is 30.3 Å². The smallest absolute Gasteiger partial charge is 0.256 e. The Morgan fingerprint density at radius 2 is 2.00 bits per heavy atom. The minimum Gasteiger partial charge on any atom is -0.395 e. The number of aliphatic hydroxyl groups is 1. The Kier molecular flexibility index (Phi) is 5.15. The van der Waals surface area contributed by atoms with Gasteiger partial charge in [0.25, 0.3) is 5.91 Å². The predicted molar refractivity (Wildman–Crippen MR) is 78.8 cm³/mol. The number of hydrogen-bond donors (Lipinski definition) is 1. The van der Waals surface area contributed by atoms with E-state index in [2.05, 4.69) is 4.98 Å². The second-order valence-corrected chi connectivity index (χ2v) is 5.28. The monoisotopic (exact) mass is 288 g/mol. The van der Waals surface area contributed by atoms with Crippen LogP contribution in [0.2, 0.25) is 0 Å². The van der Waals surface area contributed by atoms with E-state index < -0.39 is 0 Å². The van der Waals surface area contributed by atoms with Crippen LogP contribution in [-0.4, -0.2) is 41.1 Å². The van der Waals surface area contributed by atoms with E-state index in [1.54, 1.807) is 25.4 Å². The van der Waals surface area contributed by atoms with E-state index in [0.717, 1.165) is 4.90 Å². The molecular formula is C15H16N2O2S. The van der Waals surface area contributed by atoms with Crippen LogP contribution < -0.4 is 0 Å². The highest BCUT2D eigenvalue weighted by Gasteiger charge is 2.16. The molecular weight excluding hydrogens is 272 g/mol. The van der Waals surface area contributed by atoms with Gasteiger partial charge in [0.05, 0.1) is 12.2 Å². The second kappa shape index (κ2) is 7.07. The molecule has 104 valence electrons. The minimum absolute atomic E-state index is 0.0519.